The minimum atomic E-state index is 0.654. The lowest BCUT2D eigenvalue weighted by molar-refractivity contribution is 0.398. The van der Waals surface area contributed by atoms with E-state index < -0.39 is 0 Å². The van der Waals surface area contributed by atoms with Crippen molar-refractivity contribution >= 4 is 0 Å². The summed E-state index contributed by atoms with van der Waals surface area (Å²) in [6.07, 6.45) is 1.84. The van der Waals surface area contributed by atoms with Crippen LogP contribution >= 0.6 is 0 Å². The summed E-state index contributed by atoms with van der Waals surface area (Å²) in [4.78, 5) is 4.18. The molecule has 2 nitrogen and oxygen atoms in total. The number of hydrogen-bond acceptors (Lipinski definition) is 2. The van der Waals surface area contributed by atoms with Crippen molar-refractivity contribution in [2.75, 3.05) is 7.11 Å². The van der Waals surface area contributed by atoms with Gasteiger partial charge in [0.1, 0.15) is 0 Å². The number of ether oxygens (including phenoxy) is 1. The van der Waals surface area contributed by atoms with Crippen molar-refractivity contribution in [3.8, 4) is 17.0 Å². The molecular weight excluding hydrogens is 198 g/mol. The zero-order valence-electron chi connectivity index (χ0n) is 9.82. The Kier molecular flexibility index (Phi) is 2.91. The highest BCUT2D eigenvalue weighted by molar-refractivity contribution is 5.67. The fraction of sp³-hybridized carbons (Fsp3) is 0.214. The van der Waals surface area contributed by atoms with Crippen molar-refractivity contribution in [1.82, 2.24) is 4.98 Å². The highest BCUT2D eigenvalue weighted by Crippen LogP contribution is 2.25. The van der Waals surface area contributed by atoms with E-state index in [4.69, 9.17) is 4.74 Å². The quantitative estimate of drug-likeness (QED) is 0.763. The lowest BCUT2D eigenvalue weighted by Crippen LogP contribution is -1.91. The molecule has 0 aliphatic rings. The van der Waals surface area contributed by atoms with Gasteiger partial charge in [0.05, 0.1) is 7.11 Å². The monoisotopic (exact) mass is 213 g/mol. The zero-order valence-corrected chi connectivity index (χ0v) is 9.82. The summed E-state index contributed by atoms with van der Waals surface area (Å²) in [5, 5.41) is 0. The molecule has 0 unspecified atom stereocenters. The first-order valence-electron chi connectivity index (χ1n) is 5.28. The minimum Gasteiger partial charge on any atom is -0.481 e. The number of aryl methyl sites for hydroxylation is 2. The third-order valence-electron chi connectivity index (χ3n) is 2.65. The molecule has 0 radical (unpaired) electrons. The SMILES string of the molecule is COc1cc(-c2ccc(C)cc2)c(C)cn1. The van der Waals surface area contributed by atoms with Crippen molar-refractivity contribution in [2.45, 2.75) is 13.8 Å². The molecule has 0 spiro atoms. The molecule has 1 aromatic heterocycles. The molecule has 0 amide bonds. The van der Waals surface area contributed by atoms with E-state index in [0.29, 0.717) is 5.88 Å². The first-order chi connectivity index (χ1) is 7.70. The molecule has 2 rings (SSSR count). The Balaban J connectivity index is 2.50. The maximum absolute atomic E-state index is 5.14. The average molecular weight is 213 g/mol. The summed E-state index contributed by atoms with van der Waals surface area (Å²) in [6, 6.07) is 10.4. The molecule has 0 bridgehead atoms. The van der Waals surface area contributed by atoms with Crippen LogP contribution in [0.4, 0.5) is 0 Å². The number of pyridine rings is 1. The van der Waals surface area contributed by atoms with Crippen LogP contribution in [0.5, 0.6) is 5.88 Å². The van der Waals surface area contributed by atoms with Gasteiger partial charge in [-0.1, -0.05) is 29.8 Å². The van der Waals surface area contributed by atoms with Crippen LogP contribution in [0.25, 0.3) is 11.1 Å². The third-order valence-corrected chi connectivity index (χ3v) is 2.65. The topological polar surface area (TPSA) is 22.1 Å². The van der Waals surface area contributed by atoms with Gasteiger partial charge in [0.15, 0.2) is 0 Å². The van der Waals surface area contributed by atoms with E-state index in [1.807, 2.05) is 12.3 Å². The van der Waals surface area contributed by atoms with Gasteiger partial charge < -0.3 is 4.74 Å². The predicted octanol–water partition coefficient (Wildman–Crippen LogP) is 3.37. The van der Waals surface area contributed by atoms with Crippen LogP contribution in [-0.2, 0) is 0 Å². The molecule has 0 aliphatic carbocycles. The van der Waals surface area contributed by atoms with Gasteiger partial charge in [0.25, 0.3) is 0 Å². The smallest absolute Gasteiger partial charge is 0.213 e. The molecule has 16 heavy (non-hydrogen) atoms. The zero-order chi connectivity index (χ0) is 11.5. The molecule has 0 aliphatic heterocycles. The standard InChI is InChI=1S/C14H15NO/c1-10-4-6-12(7-5-10)13-8-14(16-3)15-9-11(13)2/h4-9H,1-3H3. The van der Waals surface area contributed by atoms with Crippen molar-refractivity contribution in [1.29, 1.82) is 0 Å². The van der Waals surface area contributed by atoms with Crippen molar-refractivity contribution < 1.29 is 4.74 Å². The van der Waals surface area contributed by atoms with E-state index in [1.54, 1.807) is 7.11 Å². The molecule has 0 atom stereocenters. The van der Waals surface area contributed by atoms with Crippen molar-refractivity contribution in [3.63, 3.8) is 0 Å². The van der Waals surface area contributed by atoms with Crippen LogP contribution in [0.2, 0.25) is 0 Å². The second kappa shape index (κ2) is 4.35. The Hall–Kier alpha value is -1.83. The van der Waals surface area contributed by atoms with E-state index in [2.05, 4.69) is 43.1 Å². The lowest BCUT2D eigenvalue weighted by Gasteiger charge is -2.08. The molecule has 1 heterocycles. The maximum Gasteiger partial charge on any atom is 0.213 e. The normalized spacial score (nSPS) is 10.2. The Labute approximate surface area is 95.9 Å². The van der Waals surface area contributed by atoms with Crippen molar-refractivity contribution in [2.24, 2.45) is 0 Å². The lowest BCUT2D eigenvalue weighted by atomic mass is 10.0. The summed E-state index contributed by atoms with van der Waals surface area (Å²) < 4.78 is 5.14. The summed E-state index contributed by atoms with van der Waals surface area (Å²) in [5.41, 5.74) is 4.79. The minimum absolute atomic E-state index is 0.654. The second-order valence-corrected chi connectivity index (χ2v) is 3.91. The van der Waals surface area contributed by atoms with Gasteiger partial charge in [-0.15, -0.1) is 0 Å². The number of rotatable bonds is 2. The Morgan fingerprint density at radius 2 is 1.75 bits per heavy atom. The van der Waals surface area contributed by atoms with E-state index in [1.165, 1.54) is 16.7 Å². The Morgan fingerprint density at radius 3 is 2.38 bits per heavy atom. The van der Waals surface area contributed by atoms with Gasteiger partial charge in [-0.2, -0.15) is 0 Å². The molecule has 0 fully saturated rings. The van der Waals surface area contributed by atoms with Crippen LogP contribution in [0.1, 0.15) is 11.1 Å². The van der Waals surface area contributed by atoms with Gasteiger partial charge in [-0.05, 0) is 30.5 Å². The summed E-state index contributed by atoms with van der Waals surface area (Å²) in [6.45, 7) is 4.14. The van der Waals surface area contributed by atoms with E-state index in [9.17, 15) is 0 Å². The van der Waals surface area contributed by atoms with Crippen molar-refractivity contribution in [3.05, 3.63) is 47.7 Å². The third kappa shape index (κ3) is 2.06. The molecule has 82 valence electrons. The molecule has 0 saturated carbocycles. The maximum atomic E-state index is 5.14. The molecule has 0 N–H and O–H groups in total. The van der Waals surface area contributed by atoms with E-state index >= 15 is 0 Å². The molecular formula is C14H15NO. The Morgan fingerprint density at radius 1 is 1.06 bits per heavy atom. The molecule has 0 saturated heterocycles. The van der Waals surface area contributed by atoms with Crippen LogP contribution in [0.15, 0.2) is 36.5 Å². The molecule has 2 heteroatoms. The number of nitrogens with zero attached hydrogens (tertiary/aromatic N) is 1. The fourth-order valence-electron chi connectivity index (χ4n) is 1.66. The highest BCUT2D eigenvalue weighted by atomic mass is 16.5. The number of benzene rings is 1. The number of aromatic nitrogens is 1. The van der Waals surface area contributed by atoms with E-state index in [-0.39, 0.29) is 0 Å². The van der Waals surface area contributed by atoms with Crippen LogP contribution < -0.4 is 4.74 Å². The van der Waals surface area contributed by atoms with Gasteiger partial charge in [0.2, 0.25) is 5.88 Å². The van der Waals surface area contributed by atoms with E-state index in [0.717, 1.165) is 5.56 Å². The first-order valence-corrected chi connectivity index (χ1v) is 5.28. The number of methoxy groups -OCH3 is 1. The molecule has 1 aromatic carbocycles. The largest absolute Gasteiger partial charge is 0.481 e. The first kappa shape index (κ1) is 10.7. The predicted molar refractivity (Wildman–Crippen MR) is 65.7 cm³/mol. The summed E-state index contributed by atoms with van der Waals surface area (Å²) >= 11 is 0. The van der Waals surface area contributed by atoms with Gasteiger partial charge in [-0.25, -0.2) is 4.98 Å². The fourth-order valence-corrected chi connectivity index (χ4v) is 1.66. The van der Waals surface area contributed by atoms with Gasteiger partial charge in [-0.3, -0.25) is 0 Å². The van der Waals surface area contributed by atoms with Gasteiger partial charge >= 0.3 is 0 Å². The van der Waals surface area contributed by atoms with Crippen LogP contribution in [-0.4, -0.2) is 12.1 Å². The summed E-state index contributed by atoms with van der Waals surface area (Å²) in [5.74, 6) is 0.654. The highest BCUT2D eigenvalue weighted by Gasteiger charge is 2.04. The van der Waals surface area contributed by atoms with Crippen LogP contribution in [0, 0.1) is 13.8 Å². The summed E-state index contributed by atoms with van der Waals surface area (Å²) in [7, 11) is 1.64. The van der Waals surface area contributed by atoms with Gasteiger partial charge in [0, 0.05) is 12.3 Å². The Bertz CT molecular complexity index is 489. The van der Waals surface area contributed by atoms with Crippen LogP contribution in [0.3, 0.4) is 0 Å². The molecule has 2 aromatic rings. The average Bonchev–Trinajstić information content (AvgIpc) is 2.31. The second-order valence-electron chi connectivity index (χ2n) is 3.91. The number of hydrogen-bond donors (Lipinski definition) is 0.